The predicted molar refractivity (Wildman–Crippen MR) is 182 cm³/mol. The molecule has 0 bridgehead atoms. The van der Waals surface area contributed by atoms with Gasteiger partial charge in [-0.1, -0.05) is 72.8 Å². The number of nitrogens with one attached hydrogen (secondary N) is 2. The van der Waals surface area contributed by atoms with Crippen molar-refractivity contribution in [1.29, 1.82) is 0 Å². The summed E-state index contributed by atoms with van der Waals surface area (Å²) in [5, 5.41) is 11.0. The Morgan fingerprint density at radius 2 is 1.71 bits per heavy atom. The smallest absolute Gasteiger partial charge is 0.332 e. The van der Waals surface area contributed by atoms with Gasteiger partial charge in [0.1, 0.15) is 18.0 Å². The predicted octanol–water partition coefficient (Wildman–Crippen LogP) is 4.15. The molecule has 4 aromatic carbocycles. The minimum absolute atomic E-state index is 0.0669. The van der Waals surface area contributed by atoms with Crippen LogP contribution in [0.3, 0.4) is 0 Å². The van der Waals surface area contributed by atoms with E-state index in [0.717, 1.165) is 33.2 Å². The SMILES string of the molecule is C=CCN(C(=O)NCc1ccc(OC)cc1)N1CC(=O)N2[C@@H](Cc3ccc(NC=O)cc3)C(=O)N(Cc3cccc4ccccc34)C[C@@H]21. The molecule has 2 heterocycles. The molecule has 2 saturated heterocycles. The summed E-state index contributed by atoms with van der Waals surface area (Å²) in [7, 11) is 1.60. The van der Waals surface area contributed by atoms with Gasteiger partial charge < -0.3 is 25.2 Å². The Kier molecular flexibility index (Phi) is 9.67. The van der Waals surface area contributed by atoms with Gasteiger partial charge in [-0.2, -0.15) is 5.01 Å². The number of urea groups is 1. The quantitative estimate of drug-likeness (QED) is 0.177. The van der Waals surface area contributed by atoms with Gasteiger partial charge >= 0.3 is 6.03 Å². The van der Waals surface area contributed by atoms with Crippen molar-refractivity contribution in [3.8, 4) is 5.75 Å². The maximum absolute atomic E-state index is 14.3. The van der Waals surface area contributed by atoms with Gasteiger partial charge in [0.05, 0.1) is 26.7 Å². The van der Waals surface area contributed by atoms with Crippen molar-refractivity contribution < 1.29 is 23.9 Å². The highest BCUT2D eigenvalue weighted by Gasteiger charge is 2.52. The van der Waals surface area contributed by atoms with Crippen LogP contribution >= 0.6 is 0 Å². The van der Waals surface area contributed by atoms with Gasteiger partial charge in [0, 0.05) is 25.2 Å². The molecule has 48 heavy (non-hydrogen) atoms. The average Bonchev–Trinajstić information content (AvgIpc) is 3.43. The number of ether oxygens (including phenoxy) is 1. The maximum atomic E-state index is 14.3. The summed E-state index contributed by atoms with van der Waals surface area (Å²) in [6.45, 7) is 4.80. The summed E-state index contributed by atoms with van der Waals surface area (Å²) in [6, 6.07) is 27.5. The molecule has 2 atom stereocenters. The summed E-state index contributed by atoms with van der Waals surface area (Å²) in [5.41, 5.74) is 3.35. The second-order valence-electron chi connectivity index (χ2n) is 11.8. The summed E-state index contributed by atoms with van der Waals surface area (Å²) in [6.07, 6.45) is 1.91. The van der Waals surface area contributed by atoms with Crippen molar-refractivity contribution in [1.82, 2.24) is 25.1 Å². The minimum Gasteiger partial charge on any atom is -0.497 e. The Labute approximate surface area is 279 Å². The second kappa shape index (κ2) is 14.4. The number of carbonyl (C=O) groups excluding carboxylic acids is 4. The van der Waals surface area contributed by atoms with Gasteiger partial charge in [-0.05, 0) is 51.7 Å². The molecule has 4 aromatic rings. The number of benzene rings is 4. The Morgan fingerprint density at radius 1 is 0.979 bits per heavy atom. The number of hydrogen-bond acceptors (Lipinski definition) is 6. The molecule has 2 aliphatic rings. The first-order valence-electron chi connectivity index (χ1n) is 15.8. The van der Waals surface area contributed by atoms with E-state index in [4.69, 9.17) is 4.74 Å². The third-order valence-corrected chi connectivity index (χ3v) is 8.87. The van der Waals surface area contributed by atoms with Crippen LogP contribution in [0.5, 0.6) is 5.75 Å². The summed E-state index contributed by atoms with van der Waals surface area (Å²) < 4.78 is 5.24. The number of amides is 5. The zero-order valence-electron chi connectivity index (χ0n) is 26.7. The fraction of sp³-hybridized carbons (Fsp3) is 0.243. The van der Waals surface area contributed by atoms with E-state index < -0.39 is 12.2 Å². The normalized spacial score (nSPS) is 17.6. The lowest BCUT2D eigenvalue weighted by atomic mass is 9.98. The molecular weight excluding hydrogens is 608 g/mol. The molecule has 11 nitrogen and oxygen atoms in total. The number of nitrogens with zero attached hydrogens (tertiary/aromatic N) is 4. The van der Waals surface area contributed by atoms with E-state index in [2.05, 4.69) is 17.2 Å². The summed E-state index contributed by atoms with van der Waals surface area (Å²) >= 11 is 0. The van der Waals surface area contributed by atoms with Crippen molar-refractivity contribution in [2.75, 3.05) is 32.1 Å². The highest BCUT2D eigenvalue weighted by molar-refractivity contribution is 5.92. The van der Waals surface area contributed by atoms with Crippen molar-refractivity contribution in [3.05, 3.63) is 120 Å². The summed E-state index contributed by atoms with van der Waals surface area (Å²) in [4.78, 5) is 56.1. The molecule has 0 saturated carbocycles. The van der Waals surface area contributed by atoms with Crippen LogP contribution in [0.4, 0.5) is 10.5 Å². The van der Waals surface area contributed by atoms with Crippen LogP contribution in [0.25, 0.3) is 10.8 Å². The van der Waals surface area contributed by atoms with Crippen LogP contribution < -0.4 is 15.4 Å². The molecule has 0 radical (unpaired) electrons. The van der Waals surface area contributed by atoms with Crippen LogP contribution in [-0.2, 0) is 33.9 Å². The summed E-state index contributed by atoms with van der Waals surface area (Å²) in [5.74, 6) is 0.320. The molecule has 2 fully saturated rings. The Hall–Kier alpha value is -5.68. The van der Waals surface area contributed by atoms with Gasteiger partial charge in [-0.3, -0.25) is 19.4 Å². The molecule has 246 valence electrons. The van der Waals surface area contributed by atoms with E-state index in [9.17, 15) is 19.2 Å². The van der Waals surface area contributed by atoms with Crippen molar-refractivity contribution in [3.63, 3.8) is 0 Å². The Morgan fingerprint density at radius 3 is 2.44 bits per heavy atom. The van der Waals surface area contributed by atoms with E-state index in [1.54, 1.807) is 40.1 Å². The lowest BCUT2D eigenvalue weighted by Gasteiger charge is -2.46. The first-order valence-corrected chi connectivity index (χ1v) is 15.8. The van der Waals surface area contributed by atoms with Crippen molar-refractivity contribution in [2.24, 2.45) is 0 Å². The van der Waals surface area contributed by atoms with Crippen LogP contribution in [0.15, 0.2) is 104 Å². The average molecular weight is 647 g/mol. The number of anilines is 1. The molecule has 5 amide bonds. The van der Waals surface area contributed by atoms with Crippen molar-refractivity contribution >= 4 is 40.7 Å². The molecule has 0 unspecified atom stereocenters. The minimum atomic E-state index is -0.797. The third kappa shape index (κ3) is 6.72. The zero-order chi connectivity index (χ0) is 33.6. The highest BCUT2D eigenvalue weighted by atomic mass is 16.5. The molecule has 11 heteroatoms. The van der Waals surface area contributed by atoms with Crippen LogP contribution in [0, 0.1) is 0 Å². The first kappa shape index (κ1) is 32.3. The number of piperazine rings is 1. The highest BCUT2D eigenvalue weighted by Crippen LogP contribution is 2.31. The zero-order valence-corrected chi connectivity index (χ0v) is 26.7. The van der Waals surface area contributed by atoms with Gasteiger partial charge in [0.2, 0.25) is 18.2 Å². The molecule has 0 aromatic heterocycles. The molecular formula is C37H38N6O5. The largest absolute Gasteiger partial charge is 0.497 e. The third-order valence-electron chi connectivity index (χ3n) is 8.87. The molecule has 0 spiro atoms. The monoisotopic (exact) mass is 646 g/mol. The van der Waals surface area contributed by atoms with Gasteiger partial charge in [-0.25, -0.2) is 4.79 Å². The van der Waals surface area contributed by atoms with Crippen LogP contribution in [0.2, 0.25) is 0 Å². The molecule has 2 N–H and O–H groups in total. The van der Waals surface area contributed by atoms with E-state index in [1.165, 1.54) is 5.01 Å². The van der Waals surface area contributed by atoms with E-state index in [0.29, 0.717) is 18.6 Å². The molecule has 6 rings (SSSR count). The lowest BCUT2D eigenvalue weighted by Crippen LogP contribution is -2.66. The topological polar surface area (TPSA) is 115 Å². The Balaban J connectivity index is 1.30. The van der Waals surface area contributed by atoms with Gasteiger partial charge in [0.25, 0.3) is 0 Å². The van der Waals surface area contributed by atoms with E-state index >= 15 is 0 Å². The van der Waals surface area contributed by atoms with E-state index in [-0.39, 0.29) is 50.4 Å². The fourth-order valence-electron chi connectivity index (χ4n) is 6.49. The first-order chi connectivity index (χ1) is 23.4. The lowest BCUT2D eigenvalue weighted by molar-refractivity contribution is -0.157. The van der Waals surface area contributed by atoms with Gasteiger partial charge in [0.15, 0.2) is 0 Å². The number of rotatable bonds is 12. The number of hydrogen-bond donors (Lipinski definition) is 2. The number of hydrazine groups is 1. The molecule has 0 aliphatic carbocycles. The standard InChI is InChI=1S/C37H38N6O5/c1-3-19-41(37(47)38-21-27-13-17-31(48-2)18-14-27)42-24-35(45)43-33(20-26-11-15-30(16-12-26)39-25-44)36(46)40(23-34(42)43)22-29-9-6-8-28-7-4-5-10-32(28)29/h3-18,25,33-34H,1,19-24H2,2H3,(H,38,47)(H,39,44)/t33-,34+/m0/s1. The van der Waals surface area contributed by atoms with E-state index in [1.807, 2.05) is 78.9 Å². The number of methoxy groups -OCH3 is 1. The van der Waals surface area contributed by atoms with Crippen LogP contribution in [0.1, 0.15) is 16.7 Å². The number of fused-ring (bicyclic) bond motifs is 2. The molecule has 2 aliphatic heterocycles. The second-order valence-corrected chi connectivity index (χ2v) is 11.8. The fourth-order valence-corrected chi connectivity index (χ4v) is 6.49. The maximum Gasteiger partial charge on any atom is 0.332 e. The van der Waals surface area contributed by atoms with Gasteiger partial charge in [-0.15, -0.1) is 6.58 Å². The van der Waals surface area contributed by atoms with Crippen LogP contribution in [-0.4, -0.2) is 83.0 Å². The number of carbonyl (C=O) groups is 4. The van der Waals surface area contributed by atoms with Crippen molar-refractivity contribution in [2.45, 2.75) is 31.7 Å². The Bertz CT molecular complexity index is 1810.